The summed E-state index contributed by atoms with van der Waals surface area (Å²) in [7, 11) is -3.49. The average Bonchev–Trinajstić information content (AvgIpc) is 2.99. The molecule has 2 aliphatic rings. The lowest BCUT2D eigenvalue weighted by Gasteiger charge is -2.19. The molecule has 1 aromatic rings. The Morgan fingerprint density at radius 2 is 1.86 bits per heavy atom. The van der Waals surface area contributed by atoms with Gasteiger partial charge in [-0.05, 0) is 48.5 Å². The van der Waals surface area contributed by atoms with Crippen LogP contribution in [0.5, 0.6) is 0 Å². The maximum absolute atomic E-state index is 12.9. The lowest BCUT2D eigenvalue weighted by molar-refractivity contribution is 0.448. The molecule has 3 rings (SSSR count). The van der Waals surface area contributed by atoms with Crippen molar-refractivity contribution in [2.24, 2.45) is 11.8 Å². The van der Waals surface area contributed by atoms with E-state index in [9.17, 15) is 8.42 Å². The Bertz CT molecular complexity index is 633. The number of hydrogen-bond donors (Lipinski definition) is 1. The van der Waals surface area contributed by atoms with Crippen molar-refractivity contribution in [3.8, 4) is 0 Å². The Labute approximate surface area is 131 Å². The van der Waals surface area contributed by atoms with Gasteiger partial charge in [0.15, 0.2) is 0 Å². The number of benzene rings is 1. The Kier molecular flexibility index (Phi) is 4.03. The van der Waals surface area contributed by atoms with Crippen LogP contribution in [-0.4, -0.2) is 38.9 Å². The summed E-state index contributed by atoms with van der Waals surface area (Å²) in [4.78, 5) is 0.253. The first-order valence-electron chi connectivity index (χ1n) is 7.40. The average molecular weight is 329 g/mol. The second kappa shape index (κ2) is 5.54. The van der Waals surface area contributed by atoms with Gasteiger partial charge in [-0.1, -0.05) is 31.5 Å². The van der Waals surface area contributed by atoms with Crippen LogP contribution in [0, 0.1) is 11.8 Å². The van der Waals surface area contributed by atoms with E-state index in [-0.39, 0.29) is 10.8 Å². The summed E-state index contributed by atoms with van der Waals surface area (Å²) in [6, 6.07) is 5.32. The smallest absolute Gasteiger partial charge is 0.244 e. The highest BCUT2D eigenvalue weighted by Gasteiger charge is 2.42. The molecule has 116 valence electrons. The van der Waals surface area contributed by atoms with E-state index in [1.807, 2.05) is 19.9 Å². The van der Waals surface area contributed by atoms with E-state index in [1.165, 1.54) is 0 Å². The van der Waals surface area contributed by atoms with E-state index in [4.69, 9.17) is 11.6 Å². The molecule has 2 aliphatic heterocycles. The molecule has 6 heteroatoms. The molecule has 0 spiro atoms. The highest BCUT2D eigenvalue weighted by atomic mass is 35.5. The SMILES string of the molecule is CC(C)c1ccc(Cl)c(S(=O)(=O)N2C[C@H]3CNC[C@H]3C2)c1. The second-order valence-corrected chi connectivity index (χ2v) is 8.66. The molecule has 0 aromatic heterocycles. The zero-order chi connectivity index (χ0) is 15.2. The molecule has 0 saturated carbocycles. The Morgan fingerprint density at radius 3 is 2.43 bits per heavy atom. The van der Waals surface area contributed by atoms with Crippen LogP contribution in [0.3, 0.4) is 0 Å². The molecule has 0 radical (unpaired) electrons. The number of sulfonamides is 1. The first-order chi connectivity index (χ1) is 9.89. The van der Waals surface area contributed by atoms with Gasteiger partial charge in [0.05, 0.1) is 5.02 Å². The Hall–Kier alpha value is -0.620. The number of hydrogen-bond acceptors (Lipinski definition) is 3. The lowest BCUT2D eigenvalue weighted by Crippen LogP contribution is -2.32. The van der Waals surface area contributed by atoms with Crippen LogP contribution in [0.25, 0.3) is 0 Å². The zero-order valence-electron chi connectivity index (χ0n) is 12.3. The summed E-state index contributed by atoms with van der Waals surface area (Å²) in [6.07, 6.45) is 0. The molecule has 2 saturated heterocycles. The van der Waals surface area contributed by atoms with E-state index < -0.39 is 10.0 Å². The van der Waals surface area contributed by atoms with Crippen molar-refractivity contribution in [3.63, 3.8) is 0 Å². The van der Waals surface area contributed by atoms with E-state index >= 15 is 0 Å². The van der Waals surface area contributed by atoms with E-state index in [0.29, 0.717) is 29.9 Å². The minimum absolute atomic E-state index is 0.253. The van der Waals surface area contributed by atoms with Crippen LogP contribution >= 0.6 is 11.6 Å². The van der Waals surface area contributed by atoms with Crippen molar-refractivity contribution in [2.45, 2.75) is 24.7 Å². The van der Waals surface area contributed by atoms with E-state index in [1.54, 1.807) is 16.4 Å². The van der Waals surface area contributed by atoms with Crippen molar-refractivity contribution < 1.29 is 8.42 Å². The molecule has 1 aromatic carbocycles. The lowest BCUT2D eigenvalue weighted by atomic mass is 10.0. The fraction of sp³-hybridized carbons (Fsp3) is 0.600. The fourth-order valence-corrected chi connectivity index (χ4v) is 5.29. The van der Waals surface area contributed by atoms with Crippen LogP contribution in [0.2, 0.25) is 5.02 Å². The van der Waals surface area contributed by atoms with E-state index in [2.05, 4.69) is 5.32 Å². The first kappa shape index (κ1) is 15.3. The maximum Gasteiger partial charge on any atom is 0.244 e. The molecule has 21 heavy (non-hydrogen) atoms. The monoisotopic (exact) mass is 328 g/mol. The molecule has 2 fully saturated rings. The van der Waals surface area contributed by atoms with Crippen molar-refractivity contribution >= 4 is 21.6 Å². The normalized spacial score (nSPS) is 26.5. The van der Waals surface area contributed by atoms with Crippen LogP contribution in [0.1, 0.15) is 25.3 Å². The third-order valence-corrected chi connectivity index (χ3v) is 6.91. The molecular weight excluding hydrogens is 308 g/mol. The minimum Gasteiger partial charge on any atom is -0.316 e. The van der Waals surface area contributed by atoms with E-state index in [0.717, 1.165) is 18.7 Å². The number of halogens is 1. The quantitative estimate of drug-likeness (QED) is 0.926. The first-order valence-corrected chi connectivity index (χ1v) is 9.21. The molecule has 4 nitrogen and oxygen atoms in total. The van der Waals surface area contributed by atoms with Crippen LogP contribution in [0.15, 0.2) is 23.1 Å². The maximum atomic E-state index is 12.9. The molecule has 2 heterocycles. The van der Waals surface area contributed by atoms with Crippen molar-refractivity contribution in [1.29, 1.82) is 0 Å². The second-order valence-electron chi connectivity index (χ2n) is 6.34. The van der Waals surface area contributed by atoms with Crippen molar-refractivity contribution in [1.82, 2.24) is 9.62 Å². The third kappa shape index (κ3) is 2.72. The number of rotatable bonds is 3. The zero-order valence-corrected chi connectivity index (χ0v) is 13.9. The molecule has 0 aliphatic carbocycles. The van der Waals surface area contributed by atoms with Gasteiger partial charge < -0.3 is 5.32 Å². The summed E-state index contributed by atoms with van der Waals surface area (Å²) in [5.41, 5.74) is 0.999. The highest BCUT2D eigenvalue weighted by Crippen LogP contribution is 2.34. The number of nitrogens with zero attached hydrogens (tertiary/aromatic N) is 1. The van der Waals surface area contributed by atoms with Gasteiger partial charge >= 0.3 is 0 Å². The fourth-order valence-electron chi connectivity index (χ4n) is 3.22. The van der Waals surface area contributed by atoms with Gasteiger partial charge in [-0.3, -0.25) is 0 Å². The van der Waals surface area contributed by atoms with Gasteiger partial charge in [0.2, 0.25) is 10.0 Å². The minimum atomic E-state index is -3.49. The molecule has 0 unspecified atom stereocenters. The van der Waals surface area contributed by atoms with Crippen LogP contribution in [0.4, 0.5) is 0 Å². The summed E-state index contributed by atoms with van der Waals surface area (Å²) >= 11 is 6.17. The van der Waals surface area contributed by atoms with Crippen molar-refractivity contribution in [3.05, 3.63) is 28.8 Å². The van der Waals surface area contributed by atoms with Crippen LogP contribution < -0.4 is 5.32 Å². The number of fused-ring (bicyclic) bond motifs is 1. The third-order valence-electron chi connectivity index (χ3n) is 4.60. The van der Waals surface area contributed by atoms with Gasteiger partial charge in [0.25, 0.3) is 0 Å². The topological polar surface area (TPSA) is 49.4 Å². The van der Waals surface area contributed by atoms with Gasteiger partial charge in [-0.2, -0.15) is 4.31 Å². The standard InChI is InChI=1S/C15H21ClN2O2S/c1-10(2)11-3-4-14(16)15(5-11)21(19,20)18-8-12-6-17-7-13(12)9-18/h3-5,10,12-13,17H,6-9H2,1-2H3/t12-,13+. The summed E-state index contributed by atoms with van der Waals surface area (Å²) < 4.78 is 27.4. The van der Waals surface area contributed by atoms with Crippen LogP contribution in [-0.2, 0) is 10.0 Å². The summed E-state index contributed by atoms with van der Waals surface area (Å²) in [6.45, 7) is 7.12. The number of nitrogens with one attached hydrogen (secondary N) is 1. The summed E-state index contributed by atoms with van der Waals surface area (Å²) in [5.74, 6) is 1.15. The predicted octanol–water partition coefficient (Wildman–Crippen LogP) is 2.30. The van der Waals surface area contributed by atoms with Gasteiger partial charge in [0, 0.05) is 13.1 Å². The Morgan fingerprint density at radius 1 is 1.24 bits per heavy atom. The summed E-state index contributed by atoms with van der Waals surface area (Å²) in [5, 5.41) is 3.64. The van der Waals surface area contributed by atoms with Gasteiger partial charge in [0.1, 0.15) is 4.90 Å². The van der Waals surface area contributed by atoms with Crippen molar-refractivity contribution in [2.75, 3.05) is 26.2 Å². The van der Waals surface area contributed by atoms with Gasteiger partial charge in [-0.15, -0.1) is 0 Å². The molecule has 1 N–H and O–H groups in total. The predicted molar refractivity (Wildman–Crippen MR) is 84.1 cm³/mol. The molecule has 2 atom stereocenters. The molecular formula is C15H21ClN2O2S. The largest absolute Gasteiger partial charge is 0.316 e. The molecule has 0 bridgehead atoms. The Balaban J connectivity index is 1.93. The highest BCUT2D eigenvalue weighted by molar-refractivity contribution is 7.89. The van der Waals surface area contributed by atoms with Gasteiger partial charge in [-0.25, -0.2) is 8.42 Å². The molecule has 0 amide bonds.